The first-order chi connectivity index (χ1) is 12.2. The molecule has 1 aliphatic carbocycles. The number of hydrogen-bond acceptors (Lipinski definition) is 4. The van der Waals surface area contributed by atoms with E-state index < -0.39 is 0 Å². The summed E-state index contributed by atoms with van der Waals surface area (Å²) in [4.78, 5) is 26.1. The van der Waals surface area contributed by atoms with Gasteiger partial charge in [-0.05, 0) is 18.6 Å². The molecule has 3 rings (SSSR count). The van der Waals surface area contributed by atoms with Gasteiger partial charge >= 0.3 is 0 Å². The summed E-state index contributed by atoms with van der Waals surface area (Å²) < 4.78 is 0.880. The second kappa shape index (κ2) is 7.53. The molecule has 0 aliphatic heterocycles. The topological polar surface area (TPSA) is 72.2 Å². The van der Waals surface area contributed by atoms with Crippen molar-refractivity contribution in [1.82, 2.24) is 0 Å². The van der Waals surface area contributed by atoms with Crippen LogP contribution in [0.4, 0.5) is 11.4 Å². The Balaban J connectivity index is 0.00000261. The number of nitrogens with zero attached hydrogens (tertiary/aromatic N) is 1. The van der Waals surface area contributed by atoms with E-state index in [4.69, 9.17) is 5.73 Å². The fourth-order valence-corrected chi connectivity index (χ4v) is 3.37. The normalized spacial score (nSPS) is 12.9. The van der Waals surface area contributed by atoms with Crippen LogP contribution in [0.3, 0.4) is 0 Å². The summed E-state index contributed by atoms with van der Waals surface area (Å²) in [7, 11) is 6.44. The van der Waals surface area contributed by atoms with E-state index in [1.165, 1.54) is 0 Å². The number of nitrogens with two attached hydrogens (primary N) is 1. The molecule has 2 aromatic rings. The first-order valence-electron chi connectivity index (χ1n) is 8.86. The van der Waals surface area contributed by atoms with E-state index in [1.807, 2.05) is 13.0 Å². The van der Waals surface area contributed by atoms with Gasteiger partial charge in [-0.1, -0.05) is 24.3 Å². The van der Waals surface area contributed by atoms with Gasteiger partial charge in [0.25, 0.3) is 0 Å². The van der Waals surface area contributed by atoms with Crippen LogP contribution in [0, 0.1) is 14.4 Å². The summed E-state index contributed by atoms with van der Waals surface area (Å²) in [5.74, 6) is -0.318. The predicted molar refractivity (Wildman–Crippen MR) is 111 cm³/mol. The lowest BCUT2D eigenvalue weighted by Gasteiger charge is -2.25. The van der Waals surface area contributed by atoms with E-state index in [2.05, 4.69) is 26.5 Å². The molecule has 5 nitrogen and oxygen atoms in total. The molecule has 0 spiro atoms. The SMILES string of the molecule is Cc1cc(NCCC[N+](C)(C)C)c2c(c1N)C(=O)c1ccccc1C2=O.[CH3-]. The fourth-order valence-electron chi connectivity index (χ4n) is 3.37. The molecule has 1 aliphatic rings. The Bertz CT molecular complexity index is 895. The number of ketones is 2. The largest absolute Gasteiger partial charge is 0.398 e. The Morgan fingerprint density at radius 1 is 1.00 bits per heavy atom. The third-order valence-corrected chi connectivity index (χ3v) is 4.77. The maximum atomic E-state index is 13.1. The lowest BCUT2D eigenvalue weighted by molar-refractivity contribution is -0.870. The van der Waals surface area contributed by atoms with Gasteiger partial charge in [-0.15, -0.1) is 0 Å². The van der Waals surface area contributed by atoms with Crippen LogP contribution in [0.5, 0.6) is 0 Å². The van der Waals surface area contributed by atoms with Crippen LogP contribution in [0.2, 0.25) is 0 Å². The summed E-state index contributed by atoms with van der Waals surface area (Å²) in [6, 6.07) is 8.81. The number of quaternary nitrogens is 1. The number of carbonyl (C=O) groups is 2. The van der Waals surface area contributed by atoms with Gasteiger partial charge in [0, 0.05) is 35.5 Å². The second-order valence-electron chi connectivity index (χ2n) is 7.90. The number of aryl methyl sites for hydroxylation is 1. The summed E-state index contributed by atoms with van der Waals surface area (Å²) >= 11 is 0. The third kappa shape index (κ3) is 3.88. The van der Waals surface area contributed by atoms with E-state index >= 15 is 0 Å². The molecule has 0 heterocycles. The van der Waals surface area contributed by atoms with E-state index in [9.17, 15) is 9.59 Å². The molecule has 0 bridgehead atoms. The summed E-state index contributed by atoms with van der Waals surface area (Å²) in [6.45, 7) is 3.61. The number of benzene rings is 2. The average Bonchev–Trinajstić information content (AvgIpc) is 2.58. The van der Waals surface area contributed by atoms with Crippen molar-refractivity contribution in [3.05, 3.63) is 65.6 Å². The van der Waals surface area contributed by atoms with Crippen molar-refractivity contribution < 1.29 is 14.1 Å². The number of rotatable bonds is 5. The van der Waals surface area contributed by atoms with Crippen molar-refractivity contribution in [2.24, 2.45) is 0 Å². The second-order valence-corrected chi connectivity index (χ2v) is 7.90. The quantitative estimate of drug-likeness (QED) is 0.314. The van der Waals surface area contributed by atoms with E-state index in [0.29, 0.717) is 33.6 Å². The molecule has 5 heteroatoms. The van der Waals surface area contributed by atoms with Gasteiger partial charge in [-0.3, -0.25) is 9.59 Å². The molecular formula is C22H29N3O2. The van der Waals surface area contributed by atoms with Crippen molar-refractivity contribution in [1.29, 1.82) is 0 Å². The van der Waals surface area contributed by atoms with Gasteiger partial charge in [0.2, 0.25) is 0 Å². The Morgan fingerprint density at radius 2 is 1.56 bits per heavy atom. The zero-order valence-corrected chi connectivity index (χ0v) is 16.8. The van der Waals surface area contributed by atoms with Crippen LogP contribution >= 0.6 is 0 Å². The van der Waals surface area contributed by atoms with Crippen LogP contribution in [0.15, 0.2) is 30.3 Å². The predicted octanol–water partition coefficient (Wildman–Crippen LogP) is 3.31. The van der Waals surface area contributed by atoms with Crippen molar-refractivity contribution in [3.63, 3.8) is 0 Å². The monoisotopic (exact) mass is 367 g/mol. The van der Waals surface area contributed by atoms with Crippen LogP contribution in [0.1, 0.15) is 43.8 Å². The lowest BCUT2D eigenvalue weighted by Crippen LogP contribution is -2.36. The highest BCUT2D eigenvalue weighted by Crippen LogP contribution is 2.37. The third-order valence-electron chi connectivity index (χ3n) is 4.77. The van der Waals surface area contributed by atoms with Gasteiger partial charge < -0.3 is 23.0 Å². The molecule has 2 aromatic carbocycles. The van der Waals surface area contributed by atoms with Gasteiger partial charge in [-0.2, -0.15) is 0 Å². The molecule has 0 amide bonds. The minimum atomic E-state index is -0.175. The Kier molecular flexibility index (Phi) is 5.76. The molecule has 0 aromatic heterocycles. The Hall–Kier alpha value is -2.66. The zero-order valence-electron chi connectivity index (χ0n) is 16.8. The van der Waals surface area contributed by atoms with Gasteiger partial charge in [0.1, 0.15) is 0 Å². The molecule has 0 saturated heterocycles. The molecule has 0 fully saturated rings. The highest BCUT2D eigenvalue weighted by molar-refractivity contribution is 6.32. The van der Waals surface area contributed by atoms with Crippen LogP contribution < -0.4 is 11.1 Å². The summed E-state index contributed by atoms with van der Waals surface area (Å²) in [5.41, 5.74) is 9.70. The van der Waals surface area contributed by atoms with Crippen LogP contribution in [-0.4, -0.2) is 50.3 Å². The highest BCUT2D eigenvalue weighted by atomic mass is 16.1. The van der Waals surface area contributed by atoms with Crippen molar-refractivity contribution >= 4 is 22.9 Å². The van der Waals surface area contributed by atoms with Crippen LogP contribution in [0.25, 0.3) is 0 Å². The van der Waals surface area contributed by atoms with Crippen molar-refractivity contribution in [2.45, 2.75) is 13.3 Å². The van der Waals surface area contributed by atoms with Crippen LogP contribution in [-0.2, 0) is 0 Å². The number of fused-ring (bicyclic) bond motifs is 2. The maximum absolute atomic E-state index is 13.1. The van der Waals surface area contributed by atoms with Crippen molar-refractivity contribution in [3.8, 4) is 0 Å². The van der Waals surface area contributed by atoms with Gasteiger partial charge in [0.05, 0.1) is 38.8 Å². The number of nitrogens with one attached hydrogen (secondary N) is 1. The molecule has 0 radical (unpaired) electrons. The molecule has 27 heavy (non-hydrogen) atoms. The lowest BCUT2D eigenvalue weighted by atomic mass is 9.81. The smallest absolute Gasteiger partial charge is 0.196 e. The molecule has 0 unspecified atom stereocenters. The molecule has 0 atom stereocenters. The van der Waals surface area contributed by atoms with Crippen molar-refractivity contribution in [2.75, 3.05) is 45.3 Å². The Labute approximate surface area is 161 Å². The number of carbonyl (C=O) groups excluding carboxylic acids is 2. The first-order valence-corrected chi connectivity index (χ1v) is 8.86. The van der Waals surface area contributed by atoms with E-state index in [0.717, 1.165) is 29.6 Å². The molecule has 3 N–H and O–H groups in total. The fraction of sp³-hybridized carbons (Fsp3) is 0.318. The number of hydrogen-bond donors (Lipinski definition) is 2. The molecular weight excluding hydrogens is 338 g/mol. The van der Waals surface area contributed by atoms with Gasteiger partial charge in [-0.25, -0.2) is 0 Å². The van der Waals surface area contributed by atoms with E-state index in [1.54, 1.807) is 24.3 Å². The summed E-state index contributed by atoms with van der Waals surface area (Å²) in [5, 5.41) is 3.36. The minimum Gasteiger partial charge on any atom is -0.398 e. The number of nitrogen functional groups attached to an aromatic ring is 1. The van der Waals surface area contributed by atoms with E-state index in [-0.39, 0.29) is 19.0 Å². The molecule has 0 saturated carbocycles. The maximum Gasteiger partial charge on any atom is 0.196 e. The average molecular weight is 367 g/mol. The zero-order chi connectivity index (χ0) is 19.1. The standard InChI is InChI=1S/C21H25N3O2.CH3/c1-13-12-16(23-10-7-11-24(2,3)4)17-18(19(13)22)21(26)15-9-6-5-8-14(15)20(17)25;/h5-6,8-9,12H,7,10-11H2,1-4H3,(H2-,22,23,25,26);1H3/q;-1/p+1. The minimum absolute atomic E-state index is 0. The first kappa shape index (κ1) is 20.6. The number of anilines is 2. The van der Waals surface area contributed by atoms with Gasteiger partial charge in [0.15, 0.2) is 11.6 Å². The Morgan fingerprint density at radius 3 is 2.11 bits per heavy atom. The molecule has 144 valence electrons. The summed E-state index contributed by atoms with van der Waals surface area (Å²) in [6.07, 6.45) is 0.959. The highest BCUT2D eigenvalue weighted by Gasteiger charge is 2.33.